The molecule has 0 saturated carbocycles. The molecule has 0 fully saturated rings. The number of hydrogen-bond donors (Lipinski definition) is 2. The van der Waals surface area contributed by atoms with Crippen LogP contribution in [0, 0.1) is 5.41 Å². The second kappa shape index (κ2) is 13.4. The number of carbonyl (C=O) groups is 3. The zero-order chi connectivity index (χ0) is 32.9. The minimum atomic E-state index is -0.620. The van der Waals surface area contributed by atoms with Gasteiger partial charge in [-0.05, 0) is 80.3 Å². The fraction of sp³-hybridized carbons (Fsp3) is 0.400. The van der Waals surface area contributed by atoms with Crippen molar-refractivity contribution in [2.75, 3.05) is 30.9 Å². The van der Waals surface area contributed by atoms with Crippen molar-refractivity contribution in [1.29, 1.82) is 0 Å². The molecular weight excluding hydrogens is 558 g/mol. The molecule has 0 saturated heterocycles. The average Bonchev–Trinajstić information content (AvgIpc) is 2.94. The summed E-state index contributed by atoms with van der Waals surface area (Å²) < 4.78 is 16.9. The maximum Gasteiger partial charge on any atom is 0.407 e. The summed E-state index contributed by atoms with van der Waals surface area (Å²) in [6, 6.07) is 18.6. The van der Waals surface area contributed by atoms with Gasteiger partial charge in [-0.15, -0.1) is 0 Å². The molecule has 3 N–H and O–H groups in total. The van der Waals surface area contributed by atoms with Gasteiger partial charge < -0.3 is 25.3 Å². The molecule has 9 nitrogen and oxygen atoms in total. The third kappa shape index (κ3) is 8.99. The minimum absolute atomic E-state index is 0.163. The first kappa shape index (κ1) is 34.0. The number of nitrogens with zero attached hydrogens (tertiary/aromatic N) is 1. The van der Waals surface area contributed by atoms with E-state index < -0.39 is 28.9 Å². The van der Waals surface area contributed by atoms with Gasteiger partial charge in [0.1, 0.15) is 17.1 Å². The third-order valence-corrected chi connectivity index (χ3v) is 6.73. The predicted octanol–water partition coefficient (Wildman–Crippen LogP) is 6.99. The molecule has 0 bridgehead atoms. The van der Waals surface area contributed by atoms with Gasteiger partial charge in [0.15, 0.2) is 0 Å². The molecular formula is C35H45N3O6. The number of rotatable bonds is 9. The smallest absolute Gasteiger partial charge is 0.407 e. The fourth-order valence-electron chi connectivity index (χ4n) is 4.22. The molecule has 3 aromatic rings. The highest BCUT2D eigenvalue weighted by molar-refractivity contribution is 6.27. The number of hydrogen-bond acceptors (Lipinski definition) is 7. The molecule has 0 spiro atoms. The van der Waals surface area contributed by atoms with Crippen molar-refractivity contribution in [1.82, 2.24) is 5.32 Å². The molecule has 44 heavy (non-hydrogen) atoms. The van der Waals surface area contributed by atoms with Gasteiger partial charge in [-0.25, -0.2) is 9.69 Å². The topological polar surface area (TPSA) is 120 Å². The number of ether oxygens (including phenoxy) is 3. The van der Waals surface area contributed by atoms with E-state index in [1.165, 1.54) is 7.11 Å². The Kier molecular flexibility index (Phi) is 10.4. The summed E-state index contributed by atoms with van der Waals surface area (Å²) in [5.74, 6) is -0.252. The van der Waals surface area contributed by atoms with Crippen molar-refractivity contribution < 1.29 is 28.6 Å². The highest BCUT2D eigenvalue weighted by Crippen LogP contribution is 2.33. The Hall–Kier alpha value is -4.53. The molecule has 236 valence electrons. The van der Waals surface area contributed by atoms with Crippen molar-refractivity contribution >= 4 is 29.3 Å². The Morgan fingerprint density at radius 3 is 2.05 bits per heavy atom. The highest BCUT2D eigenvalue weighted by Gasteiger charge is 2.31. The third-order valence-electron chi connectivity index (χ3n) is 6.73. The van der Waals surface area contributed by atoms with Gasteiger partial charge in [0.25, 0.3) is 11.8 Å². The van der Waals surface area contributed by atoms with Crippen molar-refractivity contribution in [2.45, 2.75) is 66.4 Å². The lowest BCUT2D eigenvalue weighted by Gasteiger charge is -2.29. The van der Waals surface area contributed by atoms with E-state index in [0.29, 0.717) is 11.5 Å². The number of carbonyl (C=O) groups excluding carboxylic acids is 3. The number of anilines is 2. The summed E-state index contributed by atoms with van der Waals surface area (Å²) in [7, 11) is 1.54. The van der Waals surface area contributed by atoms with Crippen molar-refractivity contribution in [3.05, 3.63) is 83.4 Å². The number of alkyl carbamates (subject to hydrolysis) is 1. The summed E-state index contributed by atoms with van der Waals surface area (Å²) >= 11 is 0. The maximum absolute atomic E-state index is 14.4. The quantitative estimate of drug-likeness (QED) is 0.200. The van der Waals surface area contributed by atoms with Crippen LogP contribution in [0.1, 0.15) is 81.7 Å². The van der Waals surface area contributed by atoms with Gasteiger partial charge in [-0.2, -0.15) is 0 Å². The number of benzene rings is 3. The van der Waals surface area contributed by atoms with E-state index in [2.05, 4.69) is 26.1 Å². The monoisotopic (exact) mass is 603 g/mol. The number of nitrogens with two attached hydrogens (primary N) is 1. The zero-order valence-electron chi connectivity index (χ0n) is 27.2. The fourth-order valence-corrected chi connectivity index (χ4v) is 4.22. The van der Waals surface area contributed by atoms with E-state index in [9.17, 15) is 14.4 Å². The number of para-hydroxylation sites is 2. The zero-order valence-corrected chi connectivity index (χ0v) is 27.2. The summed E-state index contributed by atoms with van der Waals surface area (Å²) in [5, 5.41) is 2.79. The lowest BCUT2D eigenvalue weighted by molar-refractivity contribution is 0.0492. The standard InChI is InChI=1S/C35H45N3O6/c1-33(2,3)24-16-19-26(29(20-24)43-22-35(7,8)21-37-32(41)44-34(4,5)6)31(40)38(28-13-11-10-12-27(28)36)30(39)23-14-17-25(42-9)18-15-23/h10-20H,21-22,36H2,1-9H3,(H,37,41). The molecule has 3 aromatic carbocycles. The average molecular weight is 604 g/mol. The Labute approximate surface area is 260 Å². The number of amides is 3. The van der Waals surface area contributed by atoms with E-state index in [4.69, 9.17) is 19.9 Å². The largest absolute Gasteiger partial charge is 0.497 e. The van der Waals surface area contributed by atoms with Gasteiger partial charge in [0.2, 0.25) is 0 Å². The Morgan fingerprint density at radius 1 is 0.841 bits per heavy atom. The van der Waals surface area contributed by atoms with Gasteiger partial charge in [0.05, 0.1) is 30.7 Å². The van der Waals surface area contributed by atoms with Crippen LogP contribution in [0.5, 0.6) is 11.5 Å². The highest BCUT2D eigenvalue weighted by atomic mass is 16.6. The summed E-state index contributed by atoms with van der Waals surface area (Å²) in [6.45, 7) is 15.9. The lowest BCUT2D eigenvalue weighted by atomic mass is 9.86. The van der Waals surface area contributed by atoms with E-state index in [1.54, 1.807) is 75.4 Å². The molecule has 3 amide bonds. The first-order chi connectivity index (χ1) is 20.4. The Balaban J connectivity index is 2.01. The summed E-state index contributed by atoms with van der Waals surface area (Å²) in [5.41, 5.74) is 6.84. The van der Waals surface area contributed by atoms with Gasteiger partial charge in [-0.1, -0.05) is 52.8 Å². The van der Waals surface area contributed by atoms with E-state index >= 15 is 0 Å². The van der Waals surface area contributed by atoms with E-state index in [1.807, 2.05) is 26.0 Å². The van der Waals surface area contributed by atoms with Crippen molar-refractivity contribution in [3.8, 4) is 11.5 Å². The lowest BCUT2D eigenvalue weighted by Crippen LogP contribution is -2.40. The van der Waals surface area contributed by atoms with Crippen LogP contribution in [-0.2, 0) is 10.2 Å². The van der Waals surface area contributed by atoms with E-state index in [-0.39, 0.29) is 41.1 Å². The molecule has 0 aliphatic rings. The van der Waals surface area contributed by atoms with Crippen molar-refractivity contribution in [2.24, 2.45) is 5.41 Å². The maximum atomic E-state index is 14.4. The molecule has 0 aliphatic heterocycles. The first-order valence-electron chi connectivity index (χ1n) is 14.5. The van der Waals surface area contributed by atoms with Crippen LogP contribution >= 0.6 is 0 Å². The Morgan fingerprint density at radius 2 is 1.48 bits per heavy atom. The molecule has 3 rings (SSSR count). The van der Waals surface area contributed by atoms with Crippen LogP contribution in [0.4, 0.5) is 16.2 Å². The number of methoxy groups -OCH3 is 1. The molecule has 0 aromatic heterocycles. The number of nitrogen functional groups attached to an aromatic ring is 1. The Bertz CT molecular complexity index is 1480. The molecule has 0 atom stereocenters. The van der Waals surface area contributed by atoms with Crippen LogP contribution in [0.25, 0.3) is 0 Å². The second-order valence-electron chi connectivity index (χ2n) is 13.5. The summed E-state index contributed by atoms with van der Waals surface area (Å²) in [6.07, 6.45) is -0.524. The van der Waals surface area contributed by atoms with Gasteiger partial charge >= 0.3 is 6.09 Å². The van der Waals surface area contributed by atoms with Gasteiger partial charge in [-0.3, -0.25) is 9.59 Å². The van der Waals surface area contributed by atoms with Crippen LogP contribution in [0.3, 0.4) is 0 Å². The number of imide groups is 1. The second-order valence-corrected chi connectivity index (χ2v) is 13.5. The SMILES string of the molecule is COc1ccc(C(=O)N(C(=O)c2ccc(C(C)(C)C)cc2OCC(C)(C)CNC(=O)OC(C)(C)C)c2ccccc2N)cc1. The molecule has 0 aliphatic carbocycles. The molecule has 0 heterocycles. The summed E-state index contributed by atoms with van der Waals surface area (Å²) in [4.78, 5) is 41.6. The van der Waals surface area contributed by atoms with Crippen LogP contribution in [-0.4, -0.2) is 43.8 Å². The molecule has 0 unspecified atom stereocenters. The molecule has 0 radical (unpaired) electrons. The van der Waals surface area contributed by atoms with Crippen LogP contribution in [0.2, 0.25) is 0 Å². The number of nitrogens with one attached hydrogen (secondary N) is 1. The van der Waals surface area contributed by atoms with Crippen molar-refractivity contribution in [3.63, 3.8) is 0 Å². The van der Waals surface area contributed by atoms with Crippen LogP contribution < -0.4 is 25.4 Å². The van der Waals surface area contributed by atoms with E-state index in [0.717, 1.165) is 10.5 Å². The van der Waals surface area contributed by atoms with Crippen LogP contribution in [0.15, 0.2) is 66.7 Å². The first-order valence-corrected chi connectivity index (χ1v) is 14.5. The predicted molar refractivity (Wildman–Crippen MR) is 174 cm³/mol. The normalized spacial score (nSPS) is 11.8. The molecule has 9 heteroatoms. The van der Waals surface area contributed by atoms with Gasteiger partial charge in [0, 0.05) is 17.5 Å². The minimum Gasteiger partial charge on any atom is -0.497 e.